The number of thioether (sulfide) groups is 1. The molecule has 0 bridgehead atoms. The average molecular weight is 545 g/mol. The molecule has 6 nitrogen and oxygen atoms in total. The number of nitrogens with zero attached hydrogens (tertiary/aromatic N) is 3. The molecule has 1 aliphatic heterocycles. The molecular weight excluding hydrogens is 526 g/mol. The number of carbonyl (C=O) groups is 2. The van der Waals surface area contributed by atoms with E-state index in [2.05, 4.69) is 31.2 Å². The Hall–Kier alpha value is -3.11. The van der Waals surface area contributed by atoms with Crippen LogP contribution in [-0.2, 0) is 16.0 Å². The van der Waals surface area contributed by atoms with Crippen LogP contribution in [0.15, 0.2) is 76.3 Å². The van der Waals surface area contributed by atoms with Gasteiger partial charge in [0, 0.05) is 47.5 Å². The quantitative estimate of drug-likeness (QED) is 0.436. The van der Waals surface area contributed by atoms with Crippen LogP contribution >= 0.6 is 27.7 Å². The summed E-state index contributed by atoms with van der Waals surface area (Å²) < 4.78 is 28.4. The van der Waals surface area contributed by atoms with Gasteiger partial charge in [0.05, 0.1) is 0 Å². The number of carbonyl (C=O) groups excluding carboxylic acids is 2. The smallest absolute Gasteiger partial charge is 0.242 e. The minimum absolute atomic E-state index is 0.0788. The molecule has 1 aliphatic rings. The Balaban J connectivity index is 1.52. The second-order valence-corrected chi connectivity index (χ2v) is 9.50. The maximum Gasteiger partial charge on any atom is 0.242 e. The summed E-state index contributed by atoms with van der Waals surface area (Å²) in [5, 5.41) is 2.31. The first kappa shape index (κ1) is 24.0. The van der Waals surface area contributed by atoms with Gasteiger partial charge in [0.2, 0.25) is 11.8 Å². The molecule has 1 aromatic heterocycles. The van der Waals surface area contributed by atoms with Gasteiger partial charge in [0.25, 0.3) is 0 Å². The fourth-order valence-electron chi connectivity index (χ4n) is 3.29. The molecule has 3 aromatic rings. The summed E-state index contributed by atoms with van der Waals surface area (Å²) in [6, 6.07) is 15.6. The highest BCUT2D eigenvalue weighted by molar-refractivity contribution is 9.10. The Kier molecular flexibility index (Phi) is 7.69. The van der Waals surface area contributed by atoms with Crippen LogP contribution in [0.3, 0.4) is 0 Å². The number of hydrogen-bond donors (Lipinski definition) is 1. The highest BCUT2D eigenvalue weighted by Gasteiger charge is 2.39. The van der Waals surface area contributed by atoms with Gasteiger partial charge in [0.15, 0.2) is 11.0 Å². The molecule has 0 radical (unpaired) electrons. The van der Waals surface area contributed by atoms with Crippen molar-refractivity contribution in [3.05, 3.63) is 88.7 Å². The van der Waals surface area contributed by atoms with Crippen molar-refractivity contribution in [3.63, 3.8) is 0 Å². The topological polar surface area (TPSA) is 74.7 Å². The summed E-state index contributed by atoms with van der Waals surface area (Å²) in [6.07, 6.45) is 2.04. The molecule has 34 heavy (non-hydrogen) atoms. The number of anilines is 1. The second-order valence-electron chi connectivity index (χ2n) is 7.42. The normalized spacial score (nSPS) is 16.8. The van der Waals surface area contributed by atoms with Crippen LogP contribution < -0.4 is 5.32 Å². The van der Waals surface area contributed by atoms with Gasteiger partial charge in [-0.05, 0) is 48.5 Å². The molecule has 1 saturated heterocycles. The van der Waals surface area contributed by atoms with Gasteiger partial charge in [-0.25, -0.2) is 13.8 Å². The third-order valence-electron chi connectivity index (χ3n) is 4.96. The number of amidine groups is 1. The molecule has 174 valence electrons. The maximum atomic E-state index is 14.2. The Bertz CT molecular complexity index is 1230. The van der Waals surface area contributed by atoms with Gasteiger partial charge < -0.3 is 5.32 Å². The van der Waals surface area contributed by atoms with Gasteiger partial charge in [-0.1, -0.05) is 33.8 Å². The van der Waals surface area contributed by atoms with E-state index in [4.69, 9.17) is 0 Å². The van der Waals surface area contributed by atoms with E-state index in [1.54, 1.807) is 36.5 Å². The van der Waals surface area contributed by atoms with Crippen LogP contribution in [0.25, 0.3) is 0 Å². The fourth-order valence-corrected chi connectivity index (χ4v) is 4.73. The Labute approximate surface area is 207 Å². The number of halogens is 3. The average Bonchev–Trinajstić information content (AvgIpc) is 3.10. The van der Waals surface area contributed by atoms with Crippen LogP contribution in [-0.4, -0.2) is 38.7 Å². The zero-order valence-electron chi connectivity index (χ0n) is 17.7. The molecule has 2 amide bonds. The van der Waals surface area contributed by atoms with Gasteiger partial charge in [0.1, 0.15) is 16.8 Å². The van der Waals surface area contributed by atoms with Crippen molar-refractivity contribution in [2.75, 3.05) is 11.9 Å². The van der Waals surface area contributed by atoms with Crippen molar-refractivity contribution in [1.82, 2.24) is 9.88 Å². The lowest BCUT2D eigenvalue weighted by Gasteiger charge is -2.16. The lowest BCUT2D eigenvalue weighted by molar-refractivity contribution is -0.128. The minimum Gasteiger partial charge on any atom is -0.326 e. The zero-order valence-corrected chi connectivity index (χ0v) is 20.2. The fraction of sp³-hybridized carbons (Fsp3) is 0.167. The summed E-state index contributed by atoms with van der Waals surface area (Å²) in [4.78, 5) is 35.7. The number of hydrogen-bond acceptors (Lipinski definition) is 5. The molecule has 1 atom stereocenters. The monoisotopic (exact) mass is 544 g/mol. The van der Waals surface area contributed by atoms with Crippen molar-refractivity contribution < 1.29 is 18.4 Å². The molecule has 0 saturated carbocycles. The summed E-state index contributed by atoms with van der Waals surface area (Å²) in [5.41, 5.74) is 1.31. The third kappa shape index (κ3) is 6.06. The van der Waals surface area contributed by atoms with E-state index < -0.39 is 16.9 Å². The lowest BCUT2D eigenvalue weighted by Crippen LogP contribution is -2.35. The second kappa shape index (κ2) is 10.9. The van der Waals surface area contributed by atoms with E-state index in [1.165, 1.54) is 11.0 Å². The summed E-state index contributed by atoms with van der Waals surface area (Å²) in [6.45, 7) is 0.259. The van der Waals surface area contributed by atoms with Gasteiger partial charge in [-0.15, -0.1) is 0 Å². The minimum atomic E-state index is -0.832. The molecule has 0 aliphatic carbocycles. The summed E-state index contributed by atoms with van der Waals surface area (Å²) in [7, 11) is 0. The predicted molar refractivity (Wildman–Crippen MR) is 132 cm³/mol. The van der Waals surface area contributed by atoms with E-state index in [0.29, 0.717) is 12.1 Å². The van der Waals surface area contributed by atoms with Crippen molar-refractivity contribution >= 4 is 56.0 Å². The summed E-state index contributed by atoms with van der Waals surface area (Å²) in [5.74, 6) is -2.17. The first-order valence-electron chi connectivity index (χ1n) is 10.4. The van der Waals surface area contributed by atoms with Crippen molar-refractivity contribution in [1.29, 1.82) is 0 Å². The van der Waals surface area contributed by atoms with Gasteiger partial charge in [-0.2, -0.15) is 0 Å². The molecule has 2 aromatic carbocycles. The standard InChI is InChI=1S/C24H19BrF2N4O2S/c25-15-4-7-18(8-5-15)29-22(32)14-21-23(33)31(12-10-17-3-1-2-11-28-17)24(34-21)30-20-9-6-16(26)13-19(20)27/h1-9,11,13,21H,10,12,14H2,(H,29,32)/t21-/m1/s1. The van der Waals surface area contributed by atoms with Crippen LogP contribution in [0.1, 0.15) is 12.1 Å². The van der Waals surface area contributed by atoms with Gasteiger partial charge in [-0.3, -0.25) is 19.5 Å². The van der Waals surface area contributed by atoms with Crippen molar-refractivity contribution in [2.24, 2.45) is 4.99 Å². The van der Waals surface area contributed by atoms with Gasteiger partial charge >= 0.3 is 0 Å². The number of amides is 2. The first-order chi connectivity index (χ1) is 16.4. The number of aliphatic imine (C=N–C) groups is 1. The zero-order chi connectivity index (χ0) is 24.1. The first-order valence-corrected chi connectivity index (χ1v) is 12.0. The largest absolute Gasteiger partial charge is 0.326 e. The molecule has 10 heteroatoms. The van der Waals surface area contributed by atoms with E-state index in [9.17, 15) is 18.4 Å². The molecular formula is C24H19BrF2N4O2S. The highest BCUT2D eigenvalue weighted by Crippen LogP contribution is 2.33. The molecule has 0 unspecified atom stereocenters. The molecule has 2 heterocycles. The Morgan fingerprint density at radius 2 is 1.94 bits per heavy atom. The van der Waals surface area contributed by atoms with Crippen LogP contribution in [0.4, 0.5) is 20.2 Å². The lowest BCUT2D eigenvalue weighted by atomic mass is 10.2. The van der Waals surface area contributed by atoms with E-state index in [-0.39, 0.29) is 35.6 Å². The van der Waals surface area contributed by atoms with Crippen molar-refractivity contribution in [2.45, 2.75) is 18.1 Å². The van der Waals surface area contributed by atoms with Crippen LogP contribution in [0.5, 0.6) is 0 Å². The van der Waals surface area contributed by atoms with Crippen LogP contribution in [0.2, 0.25) is 0 Å². The summed E-state index contributed by atoms with van der Waals surface area (Å²) >= 11 is 4.43. The molecule has 0 spiro atoms. The molecule has 4 rings (SSSR count). The van der Waals surface area contributed by atoms with E-state index in [0.717, 1.165) is 34.1 Å². The Morgan fingerprint density at radius 3 is 2.65 bits per heavy atom. The Morgan fingerprint density at radius 1 is 1.15 bits per heavy atom. The molecule has 1 fully saturated rings. The van der Waals surface area contributed by atoms with E-state index in [1.807, 2.05) is 12.1 Å². The number of aromatic nitrogens is 1. The van der Waals surface area contributed by atoms with Crippen molar-refractivity contribution in [3.8, 4) is 0 Å². The van der Waals surface area contributed by atoms with E-state index >= 15 is 0 Å². The highest BCUT2D eigenvalue weighted by atomic mass is 79.9. The molecule has 1 N–H and O–H groups in total. The SMILES string of the molecule is O=C(C[C@H]1SC(=Nc2ccc(F)cc2F)N(CCc2ccccn2)C1=O)Nc1ccc(Br)cc1. The number of nitrogens with one attached hydrogen (secondary N) is 1. The number of benzene rings is 2. The predicted octanol–water partition coefficient (Wildman–Crippen LogP) is 5.33. The maximum absolute atomic E-state index is 14.2. The number of rotatable bonds is 7. The van der Waals surface area contributed by atoms with Crippen LogP contribution in [0, 0.1) is 11.6 Å². The number of pyridine rings is 1. The third-order valence-corrected chi connectivity index (χ3v) is 6.67.